The van der Waals surface area contributed by atoms with Crippen LogP contribution in [0.2, 0.25) is 0 Å². The Bertz CT molecular complexity index is 891. The third-order valence-electron chi connectivity index (χ3n) is 4.79. The molecule has 6 heteroatoms. The van der Waals surface area contributed by atoms with Gasteiger partial charge in [-0.05, 0) is 74.9 Å². The SMILES string of the molecule is COc1cc2c(cc1S(=O)(=O)N[C@@H](C)COc1ccc(C)cc1)CCCC2. The van der Waals surface area contributed by atoms with Crippen molar-refractivity contribution >= 4 is 10.0 Å². The Balaban J connectivity index is 1.72. The number of rotatable bonds is 7. The molecule has 3 rings (SSSR count). The number of nitrogens with one attached hydrogen (secondary N) is 1. The fourth-order valence-electron chi connectivity index (χ4n) is 3.33. The highest BCUT2D eigenvalue weighted by atomic mass is 32.2. The molecule has 0 aliphatic heterocycles. The summed E-state index contributed by atoms with van der Waals surface area (Å²) in [7, 11) is -2.19. The van der Waals surface area contributed by atoms with Crippen molar-refractivity contribution in [3.05, 3.63) is 53.1 Å². The number of hydrogen-bond donors (Lipinski definition) is 1. The molecule has 1 aliphatic rings. The van der Waals surface area contributed by atoms with E-state index < -0.39 is 10.0 Å². The number of benzene rings is 2. The monoisotopic (exact) mass is 389 g/mol. The van der Waals surface area contributed by atoms with Crippen LogP contribution < -0.4 is 14.2 Å². The highest BCUT2D eigenvalue weighted by Crippen LogP contribution is 2.32. The minimum atomic E-state index is -3.70. The van der Waals surface area contributed by atoms with Crippen LogP contribution in [-0.2, 0) is 22.9 Å². The lowest BCUT2D eigenvalue weighted by Gasteiger charge is -2.21. The standard InChI is InChI=1S/C21H27NO4S/c1-15-8-10-19(11-9-15)26-14-16(2)22-27(23,24)21-13-18-7-5-4-6-17(18)12-20(21)25-3/h8-13,16,22H,4-7,14H2,1-3H3/t16-/m0/s1. The van der Waals surface area contributed by atoms with Gasteiger partial charge in [0.05, 0.1) is 13.2 Å². The fraction of sp³-hybridized carbons (Fsp3) is 0.429. The Morgan fingerprint density at radius 1 is 1.07 bits per heavy atom. The van der Waals surface area contributed by atoms with Crippen molar-refractivity contribution in [1.82, 2.24) is 4.72 Å². The van der Waals surface area contributed by atoms with Gasteiger partial charge in [-0.25, -0.2) is 13.1 Å². The first kappa shape index (κ1) is 19.7. The molecule has 0 bridgehead atoms. The third-order valence-corrected chi connectivity index (χ3v) is 6.41. The molecule has 0 aromatic heterocycles. The highest BCUT2D eigenvalue weighted by molar-refractivity contribution is 7.89. The second-order valence-corrected chi connectivity index (χ2v) is 8.81. The molecule has 0 saturated heterocycles. The molecule has 5 nitrogen and oxygen atoms in total. The molecule has 146 valence electrons. The largest absolute Gasteiger partial charge is 0.495 e. The van der Waals surface area contributed by atoms with E-state index in [0.717, 1.165) is 42.6 Å². The van der Waals surface area contributed by atoms with Crippen LogP contribution in [0.25, 0.3) is 0 Å². The number of sulfonamides is 1. The van der Waals surface area contributed by atoms with Crippen molar-refractivity contribution in [2.75, 3.05) is 13.7 Å². The summed E-state index contributed by atoms with van der Waals surface area (Å²) in [5, 5.41) is 0. The van der Waals surface area contributed by atoms with E-state index in [1.165, 1.54) is 12.7 Å². The zero-order chi connectivity index (χ0) is 19.4. The molecular weight excluding hydrogens is 362 g/mol. The molecule has 2 aromatic carbocycles. The molecule has 1 N–H and O–H groups in total. The van der Waals surface area contributed by atoms with Gasteiger partial charge in [0.15, 0.2) is 0 Å². The Labute approximate surface area is 161 Å². The predicted molar refractivity (Wildman–Crippen MR) is 106 cm³/mol. The summed E-state index contributed by atoms with van der Waals surface area (Å²) < 4.78 is 39.6. The van der Waals surface area contributed by atoms with Crippen molar-refractivity contribution in [1.29, 1.82) is 0 Å². The molecule has 27 heavy (non-hydrogen) atoms. The van der Waals surface area contributed by atoms with Gasteiger partial charge in [0, 0.05) is 0 Å². The van der Waals surface area contributed by atoms with Gasteiger partial charge in [-0.3, -0.25) is 0 Å². The molecular formula is C21H27NO4S. The topological polar surface area (TPSA) is 64.6 Å². The molecule has 0 radical (unpaired) electrons. The summed E-state index contributed by atoms with van der Waals surface area (Å²) >= 11 is 0. The zero-order valence-electron chi connectivity index (χ0n) is 16.1. The van der Waals surface area contributed by atoms with E-state index in [0.29, 0.717) is 5.75 Å². The van der Waals surface area contributed by atoms with E-state index in [4.69, 9.17) is 9.47 Å². The molecule has 1 atom stereocenters. The van der Waals surface area contributed by atoms with E-state index in [1.54, 1.807) is 13.0 Å². The quantitative estimate of drug-likeness (QED) is 0.785. The maximum absolute atomic E-state index is 12.9. The number of aryl methyl sites for hydroxylation is 3. The molecule has 2 aromatic rings. The summed E-state index contributed by atoms with van der Waals surface area (Å²) in [4.78, 5) is 0.202. The van der Waals surface area contributed by atoms with Crippen LogP contribution in [0.1, 0.15) is 36.5 Å². The molecule has 0 saturated carbocycles. The van der Waals surface area contributed by atoms with Crippen LogP contribution in [-0.4, -0.2) is 28.2 Å². The normalized spacial score (nSPS) is 15.1. The number of fused-ring (bicyclic) bond motifs is 1. The lowest BCUT2D eigenvalue weighted by molar-refractivity contribution is 0.287. The summed E-state index contributed by atoms with van der Waals surface area (Å²) in [6, 6.07) is 10.9. The van der Waals surface area contributed by atoms with E-state index in [9.17, 15) is 8.42 Å². The second kappa shape index (κ2) is 8.31. The van der Waals surface area contributed by atoms with Gasteiger partial charge in [-0.2, -0.15) is 0 Å². The van der Waals surface area contributed by atoms with Crippen molar-refractivity contribution in [3.8, 4) is 11.5 Å². The summed E-state index contributed by atoms with van der Waals surface area (Å²) in [5.41, 5.74) is 3.44. The van der Waals surface area contributed by atoms with Crippen LogP contribution in [0.5, 0.6) is 11.5 Å². The van der Waals surface area contributed by atoms with Gasteiger partial charge in [0.25, 0.3) is 0 Å². The first-order chi connectivity index (χ1) is 12.9. The minimum absolute atomic E-state index is 0.202. The lowest BCUT2D eigenvalue weighted by Crippen LogP contribution is -2.37. The molecule has 0 unspecified atom stereocenters. The number of ether oxygens (including phenoxy) is 2. The lowest BCUT2D eigenvalue weighted by atomic mass is 9.92. The van der Waals surface area contributed by atoms with E-state index in [2.05, 4.69) is 4.72 Å². The predicted octanol–water partition coefficient (Wildman–Crippen LogP) is 3.63. The Hall–Kier alpha value is -2.05. The number of methoxy groups -OCH3 is 1. The first-order valence-electron chi connectivity index (χ1n) is 9.30. The second-order valence-electron chi connectivity index (χ2n) is 7.13. The third kappa shape index (κ3) is 4.82. The maximum Gasteiger partial charge on any atom is 0.244 e. The summed E-state index contributed by atoms with van der Waals surface area (Å²) in [6.45, 7) is 4.04. The fourth-order valence-corrected chi connectivity index (χ4v) is 4.76. The van der Waals surface area contributed by atoms with Crippen LogP contribution in [0.3, 0.4) is 0 Å². The van der Waals surface area contributed by atoms with Gasteiger partial charge in [-0.15, -0.1) is 0 Å². The molecule has 0 spiro atoms. The van der Waals surface area contributed by atoms with Gasteiger partial charge in [-0.1, -0.05) is 17.7 Å². The maximum atomic E-state index is 12.9. The van der Waals surface area contributed by atoms with E-state index in [1.807, 2.05) is 37.3 Å². The van der Waals surface area contributed by atoms with Crippen LogP contribution in [0.15, 0.2) is 41.3 Å². The van der Waals surface area contributed by atoms with Gasteiger partial charge in [0.2, 0.25) is 10.0 Å². The van der Waals surface area contributed by atoms with E-state index in [-0.39, 0.29) is 17.5 Å². The van der Waals surface area contributed by atoms with Crippen LogP contribution >= 0.6 is 0 Å². The van der Waals surface area contributed by atoms with Crippen molar-refractivity contribution < 1.29 is 17.9 Å². The minimum Gasteiger partial charge on any atom is -0.495 e. The van der Waals surface area contributed by atoms with Crippen LogP contribution in [0, 0.1) is 6.92 Å². The Morgan fingerprint density at radius 2 is 1.70 bits per heavy atom. The summed E-state index contributed by atoms with van der Waals surface area (Å²) in [5.74, 6) is 1.12. The first-order valence-corrected chi connectivity index (χ1v) is 10.8. The average Bonchev–Trinajstić information content (AvgIpc) is 2.66. The van der Waals surface area contributed by atoms with Crippen molar-refractivity contribution in [2.24, 2.45) is 0 Å². The smallest absolute Gasteiger partial charge is 0.244 e. The average molecular weight is 390 g/mol. The molecule has 0 heterocycles. The van der Waals surface area contributed by atoms with Crippen molar-refractivity contribution in [2.45, 2.75) is 50.5 Å². The molecule has 1 aliphatic carbocycles. The van der Waals surface area contributed by atoms with E-state index >= 15 is 0 Å². The van der Waals surface area contributed by atoms with Crippen molar-refractivity contribution in [3.63, 3.8) is 0 Å². The van der Waals surface area contributed by atoms with Crippen LogP contribution in [0.4, 0.5) is 0 Å². The Kier molecular flexibility index (Phi) is 6.07. The van der Waals surface area contributed by atoms with Gasteiger partial charge in [0.1, 0.15) is 23.0 Å². The summed E-state index contributed by atoms with van der Waals surface area (Å²) in [6.07, 6.45) is 4.11. The number of hydrogen-bond acceptors (Lipinski definition) is 4. The molecule has 0 fully saturated rings. The highest BCUT2D eigenvalue weighted by Gasteiger charge is 2.25. The van der Waals surface area contributed by atoms with Gasteiger partial charge < -0.3 is 9.47 Å². The Morgan fingerprint density at radius 3 is 2.33 bits per heavy atom. The van der Waals surface area contributed by atoms with Gasteiger partial charge >= 0.3 is 0 Å². The zero-order valence-corrected chi connectivity index (χ0v) is 16.9. The molecule has 0 amide bonds.